The maximum Gasteiger partial charge on any atom is 0.416 e. The Bertz CT molecular complexity index is 1570. The predicted octanol–water partition coefficient (Wildman–Crippen LogP) is 8.10. The molecule has 1 fully saturated rings. The average Bonchev–Trinajstić information content (AvgIpc) is 3.06. The number of likely N-dealkylation sites (tertiary alicyclic amines) is 1. The van der Waals surface area contributed by atoms with Gasteiger partial charge in [-0.25, -0.2) is 4.79 Å². The zero-order valence-corrected chi connectivity index (χ0v) is 26.5. The van der Waals surface area contributed by atoms with Gasteiger partial charge in [0.1, 0.15) is 12.6 Å². The molecule has 9 nitrogen and oxygen atoms in total. The van der Waals surface area contributed by atoms with E-state index in [1.54, 1.807) is 60.7 Å². The van der Waals surface area contributed by atoms with Crippen LogP contribution in [-0.2, 0) is 43.5 Å². The number of nitrogens with zero attached hydrogens (tertiary/aromatic N) is 2. The highest BCUT2D eigenvalue weighted by Crippen LogP contribution is 2.45. The number of carbonyl (C=O) groups is 2. The highest BCUT2D eigenvalue weighted by atomic mass is 19.4. The monoisotopic (exact) mass is 696 g/mol. The molecule has 0 N–H and O–H groups in total. The minimum Gasteiger partial charge on any atom is -0.466 e. The number of carbonyl (C=O) groups excluding carboxylic acids is 2. The molecule has 15 heteroatoms. The molecule has 0 spiro atoms. The van der Waals surface area contributed by atoms with E-state index < -0.39 is 82.8 Å². The Hall–Kier alpha value is -4.66. The molecule has 1 amide bonds. The molecule has 1 aliphatic heterocycles. The van der Waals surface area contributed by atoms with E-state index in [0.717, 1.165) is 4.90 Å². The summed E-state index contributed by atoms with van der Waals surface area (Å²) < 4.78 is 98.6. The maximum absolute atomic E-state index is 14.1. The minimum absolute atomic E-state index is 0.00498. The summed E-state index contributed by atoms with van der Waals surface area (Å²) in [5.41, 5.74) is -4.15. The van der Waals surface area contributed by atoms with Crippen molar-refractivity contribution in [1.82, 2.24) is 4.90 Å². The Balaban J connectivity index is 1.81. The molecule has 1 aliphatic rings. The van der Waals surface area contributed by atoms with Crippen LogP contribution in [0.1, 0.15) is 67.0 Å². The van der Waals surface area contributed by atoms with Crippen LogP contribution in [0.2, 0.25) is 0 Å². The van der Waals surface area contributed by atoms with Crippen LogP contribution in [0.15, 0.2) is 78.9 Å². The van der Waals surface area contributed by atoms with Gasteiger partial charge in [0.2, 0.25) is 6.04 Å². The molecular weight excluding hydrogens is 662 g/mol. The molecule has 264 valence electrons. The van der Waals surface area contributed by atoms with Gasteiger partial charge >= 0.3 is 24.4 Å². The van der Waals surface area contributed by atoms with E-state index in [2.05, 4.69) is 0 Å². The average molecular weight is 697 g/mol. The van der Waals surface area contributed by atoms with Gasteiger partial charge in [0.25, 0.3) is 0 Å². The number of piperidine rings is 1. The molecule has 1 saturated heterocycles. The van der Waals surface area contributed by atoms with E-state index in [0.29, 0.717) is 23.3 Å². The lowest BCUT2D eigenvalue weighted by molar-refractivity contribution is -0.536. The second-order valence-electron chi connectivity index (χ2n) is 11.6. The van der Waals surface area contributed by atoms with Crippen molar-refractivity contribution < 1.29 is 55.1 Å². The molecule has 0 aliphatic carbocycles. The van der Waals surface area contributed by atoms with Crippen LogP contribution in [-0.4, -0.2) is 47.2 Å². The van der Waals surface area contributed by atoms with Crippen molar-refractivity contribution in [1.29, 1.82) is 0 Å². The number of esters is 1. The highest BCUT2D eigenvalue weighted by molar-refractivity contribution is 5.74. The molecule has 0 radical (unpaired) electrons. The summed E-state index contributed by atoms with van der Waals surface area (Å²) in [6, 6.07) is 14.8. The number of hydrogen-bond acceptors (Lipinski definition) is 7. The van der Waals surface area contributed by atoms with E-state index in [-0.39, 0.29) is 32.1 Å². The summed E-state index contributed by atoms with van der Waals surface area (Å²) in [4.78, 5) is 39.7. The third kappa shape index (κ3) is 8.88. The Labute approximate surface area is 277 Å². The highest BCUT2D eigenvalue weighted by Gasteiger charge is 2.56. The second kappa shape index (κ2) is 15.3. The van der Waals surface area contributed by atoms with Crippen LogP contribution in [0.25, 0.3) is 0 Å². The Kier molecular flexibility index (Phi) is 11.6. The lowest BCUT2D eigenvalue weighted by atomic mass is 9.76. The first-order valence-electron chi connectivity index (χ1n) is 15.3. The molecular formula is C34H34F6N2O7. The van der Waals surface area contributed by atoms with E-state index >= 15 is 0 Å². The van der Waals surface area contributed by atoms with Gasteiger partial charge < -0.3 is 14.2 Å². The first kappa shape index (κ1) is 37.2. The van der Waals surface area contributed by atoms with Gasteiger partial charge in [-0.05, 0) is 55.2 Å². The van der Waals surface area contributed by atoms with Crippen molar-refractivity contribution in [3.63, 3.8) is 0 Å². The number of ether oxygens (including phenoxy) is 3. The van der Waals surface area contributed by atoms with Crippen molar-refractivity contribution in [3.05, 3.63) is 117 Å². The number of halogens is 6. The van der Waals surface area contributed by atoms with Gasteiger partial charge in [0.05, 0.1) is 42.4 Å². The zero-order valence-electron chi connectivity index (χ0n) is 26.5. The summed E-state index contributed by atoms with van der Waals surface area (Å²) in [6.45, 7) is 1.95. The first-order valence-corrected chi connectivity index (χ1v) is 15.3. The molecule has 49 heavy (non-hydrogen) atoms. The first-order chi connectivity index (χ1) is 23.1. The summed E-state index contributed by atoms with van der Waals surface area (Å²) >= 11 is 0. The maximum atomic E-state index is 14.1. The van der Waals surface area contributed by atoms with E-state index in [1.165, 1.54) is 13.8 Å². The molecule has 0 unspecified atom stereocenters. The van der Waals surface area contributed by atoms with Crippen molar-refractivity contribution in [3.8, 4) is 0 Å². The zero-order chi connectivity index (χ0) is 36.0. The Morgan fingerprint density at radius 1 is 0.939 bits per heavy atom. The standard InChI is InChI=1S/C34H34F6N2O7/c1-3-47-30(43)19-29-28(42(45)46)14-15-32(25-12-8-5-9-13-25,41(29)31(44)48-20-23-10-6-4-7-11-23)21-49-22(2)24-16-26(33(35,36)37)18-27(17-24)34(38,39)40/h4-13,16-18,22,28-29H,3,14-15,19-21H2,1-2H3/t22-,28-,29-,32-/m1/s1. The van der Waals surface area contributed by atoms with Crippen LogP contribution < -0.4 is 0 Å². The van der Waals surface area contributed by atoms with E-state index in [9.17, 15) is 46.0 Å². The van der Waals surface area contributed by atoms with Crippen molar-refractivity contribution in [2.45, 2.75) is 75.8 Å². The normalized spacial score (nSPS) is 20.4. The number of nitro groups is 1. The van der Waals surface area contributed by atoms with Crippen molar-refractivity contribution >= 4 is 12.1 Å². The molecule has 1 heterocycles. The van der Waals surface area contributed by atoms with Crippen molar-refractivity contribution in [2.24, 2.45) is 0 Å². The summed E-state index contributed by atoms with van der Waals surface area (Å²) in [6.07, 6.45) is -13.5. The molecule has 4 atom stereocenters. The molecule has 0 aromatic heterocycles. The largest absolute Gasteiger partial charge is 0.466 e. The molecule has 0 bridgehead atoms. The van der Waals surface area contributed by atoms with E-state index in [1.807, 2.05) is 0 Å². The molecule has 3 aromatic carbocycles. The van der Waals surface area contributed by atoms with Gasteiger partial charge in [0.15, 0.2) is 0 Å². The topological polar surface area (TPSA) is 108 Å². The Morgan fingerprint density at radius 3 is 2.04 bits per heavy atom. The van der Waals surface area contributed by atoms with Crippen molar-refractivity contribution in [2.75, 3.05) is 13.2 Å². The van der Waals surface area contributed by atoms with Gasteiger partial charge in [-0.2, -0.15) is 26.3 Å². The van der Waals surface area contributed by atoms with Crippen LogP contribution in [0.3, 0.4) is 0 Å². The third-order valence-corrected chi connectivity index (χ3v) is 8.41. The SMILES string of the molecule is CCOC(=O)C[C@@H]1[C@H]([N+](=O)[O-])CC[C@@](CO[C@H](C)c2cc(C(F)(F)F)cc(C(F)(F)F)c2)(c2ccccc2)N1C(=O)OCc1ccccc1. The quantitative estimate of drug-likeness (QED) is 0.0863. The van der Waals surface area contributed by atoms with Crippen LogP contribution in [0.4, 0.5) is 31.1 Å². The van der Waals surface area contributed by atoms with Gasteiger partial charge in [-0.1, -0.05) is 60.7 Å². The fourth-order valence-corrected chi connectivity index (χ4v) is 5.98. The Morgan fingerprint density at radius 2 is 1.51 bits per heavy atom. The number of alkyl halides is 6. The molecule has 3 aromatic rings. The predicted molar refractivity (Wildman–Crippen MR) is 162 cm³/mol. The summed E-state index contributed by atoms with van der Waals surface area (Å²) in [7, 11) is 0. The molecule has 0 saturated carbocycles. The van der Waals surface area contributed by atoms with Gasteiger partial charge in [-0.3, -0.25) is 19.8 Å². The minimum atomic E-state index is -5.10. The third-order valence-electron chi connectivity index (χ3n) is 8.41. The fourth-order valence-electron chi connectivity index (χ4n) is 5.98. The number of benzene rings is 3. The number of hydrogen-bond donors (Lipinski definition) is 0. The number of rotatable bonds is 11. The van der Waals surface area contributed by atoms with Crippen LogP contribution in [0.5, 0.6) is 0 Å². The lowest BCUT2D eigenvalue weighted by Crippen LogP contribution is -2.65. The van der Waals surface area contributed by atoms with Gasteiger partial charge in [-0.15, -0.1) is 0 Å². The summed E-state index contributed by atoms with van der Waals surface area (Å²) in [5.74, 6) is -0.831. The second-order valence-corrected chi connectivity index (χ2v) is 11.6. The van der Waals surface area contributed by atoms with Gasteiger partial charge in [0, 0.05) is 11.3 Å². The van der Waals surface area contributed by atoms with Crippen LogP contribution in [0, 0.1) is 10.1 Å². The molecule has 4 rings (SSSR count). The smallest absolute Gasteiger partial charge is 0.416 e. The van der Waals surface area contributed by atoms with Crippen LogP contribution >= 0.6 is 0 Å². The lowest BCUT2D eigenvalue weighted by Gasteiger charge is -2.51. The van der Waals surface area contributed by atoms with E-state index in [4.69, 9.17) is 14.2 Å². The number of amides is 1. The summed E-state index contributed by atoms with van der Waals surface area (Å²) in [5, 5.41) is 12.3. The fraction of sp³-hybridized carbons (Fsp3) is 0.412.